The maximum absolute atomic E-state index is 12.8. The highest BCUT2D eigenvalue weighted by molar-refractivity contribution is 7.88. The quantitative estimate of drug-likeness (QED) is 0.826. The van der Waals surface area contributed by atoms with E-state index >= 15 is 0 Å². The van der Waals surface area contributed by atoms with Gasteiger partial charge in [0.15, 0.2) is 0 Å². The van der Waals surface area contributed by atoms with Crippen LogP contribution in [0.3, 0.4) is 0 Å². The van der Waals surface area contributed by atoms with Gasteiger partial charge < -0.3 is 5.32 Å². The summed E-state index contributed by atoms with van der Waals surface area (Å²) in [5.74, 6) is -0.632. The first kappa shape index (κ1) is 17.6. The number of benzene rings is 1. The topological polar surface area (TPSA) is 66.5 Å². The molecule has 0 aromatic heterocycles. The van der Waals surface area contributed by atoms with Crippen LogP contribution >= 0.6 is 0 Å². The van der Waals surface area contributed by atoms with Crippen LogP contribution < -0.4 is 5.32 Å². The molecule has 1 rings (SSSR count). The van der Waals surface area contributed by atoms with Crippen LogP contribution in [0.15, 0.2) is 24.3 Å². The van der Waals surface area contributed by atoms with Gasteiger partial charge in [-0.3, -0.25) is 4.79 Å². The highest BCUT2D eigenvalue weighted by Gasteiger charge is 2.17. The first-order chi connectivity index (χ1) is 9.70. The molecule has 1 aromatic carbocycles. The number of amides is 1. The molecule has 0 fully saturated rings. The summed E-state index contributed by atoms with van der Waals surface area (Å²) >= 11 is 0. The minimum atomic E-state index is -3.40. The average molecular weight is 316 g/mol. The Hall–Kier alpha value is -1.47. The van der Waals surface area contributed by atoms with E-state index < -0.39 is 10.0 Å². The molecule has 0 bridgehead atoms. The van der Waals surface area contributed by atoms with Gasteiger partial charge in [-0.15, -0.1) is 0 Å². The lowest BCUT2D eigenvalue weighted by Crippen LogP contribution is -2.38. The van der Waals surface area contributed by atoms with Crippen LogP contribution in [-0.4, -0.2) is 38.0 Å². The molecular formula is C14H21FN2O3S. The summed E-state index contributed by atoms with van der Waals surface area (Å²) in [4.78, 5) is 11.4. The third-order valence-electron chi connectivity index (χ3n) is 2.93. The number of hydrogen-bond acceptors (Lipinski definition) is 3. The van der Waals surface area contributed by atoms with E-state index in [-0.39, 0.29) is 37.3 Å². The van der Waals surface area contributed by atoms with Crippen molar-refractivity contribution in [2.45, 2.75) is 20.4 Å². The van der Waals surface area contributed by atoms with Crippen molar-refractivity contribution in [2.75, 3.05) is 19.3 Å². The van der Waals surface area contributed by atoms with E-state index in [1.165, 1.54) is 16.4 Å². The predicted molar refractivity (Wildman–Crippen MR) is 79.5 cm³/mol. The minimum absolute atomic E-state index is 0.120. The van der Waals surface area contributed by atoms with Crippen LogP contribution in [0.2, 0.25) is 0 Å². The van der Waals surface area contributed by atoms with Gasteiger partial charge in [-0.1, -0.05) is 26.0 Å². The minimum Gasteiger partial charge on any atom is -0.355 e. The molecule has 0 atom stereocenters. The van der Waals surface area contributed by atoms with E-state index in [2.05, 4.69) is 5.32 Å². The lowest BCUT2D eigenvalue weighted by Gasteiger charge is -2.20. The van der Waals surface area contributed by atoms with E-state index in [4.69, 9.17) is 0 Å². The van der Waals surface area contributed by atoms with Crippen molar-refractivity contribution >= 4 is 15.9 Å². The molecule has 5 nitrogen and oxygen atoms in total. The van der Waals surface area contributed by atoms with Gasteiger partial charge in [-0.05, 0) is 17.7 Å². The maximum atomic E-state index is 12.8. The summed E-state index contributed by atoms with van der Waals surface area (Å²) in [6.07, 6.45) is 1.11. The fraction of sp³-hybridized carbons (Fsp3) is 0.500. The van der Waals surface area contributed by atoms with Crippen molar-refractivity contribution in [3.8, 4) is 0 Å². The Balaban J connectivity index is 2.65. The number of carbonyl (C=O) groups is 1. The van der Waals surface area contributed by atoms with Crippen LogP contribution in [0.25, 0.3) is 0 Å². The lowest BCUT2D eigenvalue weighted by molar-refractivity contribution is -0.123. The largest absolute Gasteiger partial charge is 0.355 e. The smallest absolute Gasteiger partial charge is 0.222 e. The highest BCUT2D eigenvalue weighted by atomic mass is 32.2. The zero-order chi connectivity index (χ0) is 16.0. The summed E-state index contributed by atoms with van der Waals surface area (Å²) in [7, 11) is -3.40. The molecule has 0 aliphatic rings. The average Bonchev–Trinajstić information content (AvgIpc) is 2.38. The SMILES string of the molecule is CC(C)C(=O)NCCN(Cc1ccc(F)cc1)S(C)(=O)=O. The molecule has 21 heavy (non-hydrogen) atoms. The highest BCUT2D eigenvalue weighted by Crippen LogP contribution is 2.09. The molecule has 0 saturated heterocycles. The molecule has 0 unspecified atom stereocenters. The van der Waals surface area contributed by atoms with Crippen LogP contribution in [0.5, 0.6) is 0 Å². The number of nitrogens with one attached hydrogen (secondary N) is 1. The van der Waals surface area contributed by atoms with Gasteiger partial charge in [-0.25, -0.2) is 12.8 Å². The van der Waals surface area contributed by atoms with Crippen LogP contribution in [0.4, 0.5) is 4.39 Å². The molecule has 1 aromatic rings. The van der Waals surface area contributed by atoms with Crippen molar-refractivity contribution in [3.63, 3.8) is 0 Å². The summed E-state index contributed by atoms with van der Waals surface area (Å²) in [5, 5.41) is 2.67. The summed E-state index contributed by atoms with van der Waals surface area (Å²) in [6.45, 7) is 4.10. The van der Waals surface area contributed by atoms with Crippen LogP contribution in [0.1, 0.15) is 19.4 Å². The third-order valence-corrected chi connectivity index (χ3v) is 4.18. The van der Waals surface area contributed by atoms with Gasteiger partial charge in [0.25, 0.3) is 0 Å². The number of rotatable bonds is 7. The Kier molecular flexibility index (Phi) is 6.29. The van der Waals surface area contributed by atoms with Gasteiger partial charge >= 0.3 is 0 Å². The molecule has 1 N–H and O–H groups in total. The fourth-order valence-corrected chi connectivity index (χ4v) is 2.47. The first-order valence-electron chi connectivity index (χ1n) is 6.67. The standard InChI is InChI=1S/C14H21FN2O3S/c1-11(2)14(18)16-8-9-17(21(3,19)20)10-12-4-6-13(15)7-5-12/h4-7,11H,8-10H2,1-3H3,(H,16,18). The van der Waals surface area contributed by atoms with E-state index in [0.29, 0.717) is 5.56 Å². The number of sulfonamides is 1. The Morgan fingerprint density at radius 2 is 1.86 bits per heavy atom. The van der Waals surface area contributed by atoms with Crippen molar-refractivity contribution in [1.82, 2.24) is 9.62 Å². The van der Waals surface area contributed by atoms with Gasteiger partial charge in [0.05, 0.1) is 6.26 Å². The molecule has 0 spiro atoms. The van der Waals surface area contributed by atoms with E-state index in [1.54, 1.807) is 26.0 Å². The monoisotopic (exact) mass is 316 g/mol. The number of nitrogens with zero attached hydrogens (tertiary/aromatic N) is 1. The van der Waals surface area contributed by atoms with Gasteiger partial charge in [0.1, 0.15) is 5.82 Å². The van der Waals surface area contributed by atoms with E-state index in [1.807, 2.05) is 0 Å². The van der Waals surface area contributed by atoms with E-state index in [9.17, 15) is 17.6 Å². The van der Waals surface area contributed by atoms with Crippen molar-refractivity contribution in [1.29, 1.82) is 0 Å². The molecule has 0 saturated carbocycles. The molecule has 0 radical (unpaired) electrons. The number of carbonyl (C=O) groups excluding carboxylic acids is 1. The normalized spacial score (nSPS) is 11.9. The molecule has 1 amide bonds. The van der Waals surface area contributed by atoms with Crippen LogP contribution in [-0.2, 0) is 21.4 Å². The lowest BCUT2D eigenvalue weighted by atomic mass is 10.2. The summed E-state index contributed by atoms with van der Waals surface area (Å²) in [5.41, 5.74) is 0.692. The second kappa shape index (κ2) is 7.51. The zero-order valence-electron chi connectivity index (χ0n) is 12.5. The molecule has 7 heteroatoms. The summed E-state index contributed by atoms with van der Waals surface area (Å²) < 4.78 is 37.6. The Labute approximate surface area is 125 Å². The van der Waals surface area contributed by atoms with Crippen molar-refractivity contribution in [3.05, 3.63) is 35.6 Å². The number of hydrogen-bond donors (Lipinski definition) is 1. The zero-order valence-corrected chi connectivity index (χ0v) is 13.3. The fourth-order valence-electron chi connectivity index (χ4n) is 1.66. The predicted octanol–water partition coefficient (Wildman–Crippen LogP) is 1.36. The second-order valence-corrected chi connectivity index (χ2v) is 7.15. The summed E-state index contributed by atoms with van der Waals surface area (Å²) in [6, 6.07) is 5.66. The van der Waals surface area contributed by atoms with Crippen molar-refractivity contribution < 1.29 is 17.6 Å². The Bertz CT molecular complexity index is 570. The molecule has 118 valence electrons. The molecular weight excluding hydrogens is 295 g/mol. The Morgan fingerprint density at radius 1 is 1.29 bits per heavy atom. The first-order valence-corrected chi connectivity index (χ1v) is 8.52. The van der Waals surface area contributed by atoms with Crippen molar-refractivity contribution in [2.24, 2.45) is 5.92 Å². The molecule has 0 aliphatic heterocycles. The van der Waals surface area contributed by atoms with Gasteiger partial charge in [0.2, 0.25) is 15.9 Å². The third kappa shape index (κ3) is 6.22. The molecule has 0 aliphatic carbocycles. The van der Waals surface area contributed by atoms with Crippen LogP contribution in [0, 0.1) is 11.7 Å². The maximum Gasteiger partial charge on any atom is 0.222 e. The second-order valence-electron chi connectivity index (χ2n) is 5.17. The number of halogens is 1. The van der Waals surface area contributed by atoms with E-state index in [0.717, 1.165) is 6.26 Å². The van der Waals surface area contributed by atoms with Gasteiger partial charge in [-0.2, -0.15) is 4.31 Å². The Morgan fingerprint density at radius 3 is 2.33 bits per heavy atom. The molecule has 0 heterocycles. The van der Waals surface area contributed by atoms with Gasteiger partial charge in [0, 0.05) is 25.6 Å².